The molecule has 2 unspecified atom stereocenters. The Morgan fingerprint density at radius 1 is 1.53 bits per heavy atom. The third-order valence-corrected chi connectivity index (χ3v) is 4.96. The molecule has 1 aliphatic heterocycles. The number of ether oxygens (including phenoxy) is 1. The molecule has 5 nitrogen and oxygen atoms in total. The van der Waals surface area contributed by atoms with Crippen LogP contribution in [0.15, 0.2) is 0 Å². The molecule has 102 valence electrons. The topological polar surface area (TPSA) is 58.6 Å². The zero-order chi connectivity index (χ0) is 12.9. The summed E-state index contributed by atoms with van der Waals surface area (Å²) in [5.74, 6) is 0.659. The normalized spacial score (nSPS) is 25.3. The van der Waals surface area contributed by atoms with Gasteiger partial charge in [0.25, 0.3) is 0 Å². The van der Waals surface area contributed by atoms with E-state index in [2.05, 4.69) is 17.1 Å². The minimum Gasteiger partial charge on any atom is -0.383 e. The lowest BCUT2D eigenvalue weighted by molar-refractivity contribution is 0.168. The summed E-state index contributed by atoms with van der Waals surface area (Å²) in [6, 6.07) is 0.528. The molecule has 1 aliphatic rings. The van der Waals surface area contributed by atoms with E-state index in [1.807, 2.05) is 7.05 Å². The highest BCUT2D eigenvalue weighted by Gasteiger charge is 2.30. The van der Waals surface area contributed by atoms with Crippen molar-refractivity contribution >= 4 is 9.84 Å². The van der Waals surface area contributed by atoms with E-state index in [1.54, 1.807) is 7.11 Å². The van der Waals surface area contributed by atoms with Crippen LogP contribution in [0.1, 0.15) is 13.3 Å². The molecule has 0 aromatic rings. The molecule has 0 aromatic heterocycles. The summed E-state index contributed by atoms with van der Waals surface area (Å²) in [6.45, 7) is 4.50. The zero-order valence-electron chi connectivity index (χ0n) is 11.0. The molecule has 0 saturated carbocycles. The van der Waals surface area contributed by atoms with E-state index in [-0.39, 0.29) is 6.04 Å². The first-order valence-electron chi connectivity index (χ1n) is 6.07. The Kier molecular flexibility index (Phi) is 5.85. The van der Waals surface area contributed by atoms with Crippen LogP contribution in [0, 0.1) is 0 Å². The Bertz CT molecular complexity index is 319. The smallest absolute Gasteiger partial charge is 0.151 e. The van der Waals surface area contributed by atoms with Crippen molar-refractivity contribution < 1.29 is 13.2 Å². The summed E-state index contributed by atoms with van der Waals surface area (Å²) in [5.41, 5.74) is 0. The Morgan fingerprint density at radius 3 is 2.76 bits per heavy atom. The number of rotatable bonds is 7. The van der Waals surface area contributed by atoms with Crippen LogP contribution in [-0.2, 0) is 14.6 Å². The van der Waals surface area contributed by atoms with Crippen molar-refractivity contribution in [2.45, 2.75) is 25.4 Å². The number of nitrogens with one attached hydrogen (secondary N) is 1. The van der Waals surface area contributed by atoms with Gasteiger partial charge in [-0.25, -0.2) is 8.42 Å². The Hall–Kier alpha value is -0.170. The molecule has 1 N–H and O–H groups in total. The second-order valence-corrected chi connectivity index (χ2v) is 7.08. The van der Waals surface area contributed by atoms with Crippen LogP contribution >= 0.6 is 0 Å². The van der Waals surface area contributed by atoms with E-state index in [1.165, 1.54) is 0 Å². The van der Waals surface area contributed by atoms with Gasteiger partial charge >= 0.3 is 0 Å². The van der Waals surface area contributed by atoms with Crippen molar-refractivity contribution in [3.63, 3.8) is 0 Å². The van der Waals surface area contributed by atoms with Crippen molar-refractivity contribution in [3.05, 3.63) is 0 Å². The predicted molar refractivity (Wildman–Crippen MR) is 69.0 cm³/mol. The van der Waals surface area contributed by atoms with Gasteiger partial charge in [-0.2, -0.15) is 0 Å². The number of methoxy groups -OCH3 is 1. The SMILES string of the molecule is COCC(C)NCCN(C)C1CCS(=O)(=O)C1. The second-order valence-electron chi connectivity index (χ2n) is 4.85. The van der Waals surface area contributed by atoms with Gasteiger partial charge in [-0.15, -0.1) is 0 Å². The standard InChI is InChI=1S/C11H24N2O3S/c1-10(8-16-3)12-5-6-13(2)11-4-7-17(14,15)9-11/h10-12H,4-9H2,1-3H3. The molecule has 2 atom stereocenters. The molecule has 6 heteroatoms. The van der Waals surface area contributed by atoms with E-state index < -0.39 is 9.84 Å². The summed E-state index contributed by atoms with van der Waals surface area (Å²) in [5, 5.41) is 3.34. The lowest BCUT2D eigenvalue weighted by Gasteiger charge is -2.24. The summed E-state index contributed by atoms with van der Waals surface area (Å²) in [6.07, 6.45) is 0.770. The highest BCUT2D eigenvalue weighted by atomic mass is 32.2. The van der Waals surface area contributed by atoms with Crippen LogP contribution in [-0.4, -0.2) is 70.8 Å². The van der Waals surface area contributed by atoms with Crippen molar-refractivity contribution in [3.8, 4) is 0 Å². The summed E-state index contributed by atoms with van der Waals surface area (Å²) in [7, 11) is 0.910. The Balaban J connectivity index is 2.20. The van der Waals surface area contributed by atoms with Gasteiger partial charge in [0.05, 0.1) is 18.1 Å². The molecule has 0 radical (unpaired) electrons. The van der Waals surface area contributed by atoms with Gasteiger partial charge in [0, 0.05) is 32.3 Å². The van der Waals surface area contributed by atoms with E-state index in [0.717, 1.165) is 19.5 Å². The van der Waals surface area contributed by atoms with Gasteiger partial charge in [-0.3, -0.25) is 0 Å². The first-order chi connectivity index (χ1) is 7.94. The quantitative estimate of drug-likeness (QED) is 0.686. The van der Waals surface area contributed by atoms with Gasteiger partial charge in [0.1, 0.15) is 0 Å². The van der Waals surface area contributed by atoms with Crippen LogP contribution in [0.2, 0.25) is 0 Å². The molecule has 1 rings (SSSR count). The van der Waals surface area contributed by atoms with Crippen molar-refractivity contribution in [1.82, 2.24) is 10.2 Å². The molecule has 1 saturated heterocycles. The monoisotopic (exact) mass is 264 g/mol. The van der Waals surface area contributed by atoms with Crippen LogP contribution in [0.3, 0.4) is 0 Å². The summed E-state index contributed by atoms with van der Waals surface area (Å²) >= 11 is 0. The fraction of sp³-hybridized carbons (Fsp3) is 1.00. The average molecular weight is 264 g/mol. The lowest BCUT2D eigenvalue weighted by atomic mass is 10.2. The number of hydrogen-bond acceptors (Lipinski definition) is 5. The van der Waals surface area contributed by atoms with Crippen molar-refractivity contribution in [2.75, 3.05) is 45.4 Å². The maximum atomic E-state index is 11.4. The maximum absolute atomic E-state index is 11.4. The number of likely N-dealkylation sites (N-methyl/N-ethyl adjacent to an activating group) is 1. The maximum Gasteiger partial charge on any atom is 0.151 e. The molecule has 17 heavy (non-hydrogen) atoms. The van der Waals surface area contributed by atoms with Crippen LogP contribution < -0.4 is 5.32 Å². The first-order valence-corrected chi connectivity index (χ1v) is 7.89. The molecular formula is C11H24N2O3S. The predicted octanol–water partition coefficient (Wildman–Crippen LogP) is -0.270. The van der Waals surface area contributed by atoms with E-state index in [4.69, 9.17) is 4.74 Å². The zero-order valence-corrected chi connectivity index (χ0v) is 11.8. The molecular weight excluding hydrogens is 240 g/mol. The fourth-order valence-corrected chi connectivity index (χ4v) is 3.91. The van der Waals surface area contributed by atoms with Gasteiger partial charge in [0.2, 0.25) is 0 Å². The number of sulfone groups is 1. The average Bonchev–Trinajstić information content (AvgIpc) is 2.59. The van der Waals surface area contributed by atoms with Gasteiger partial charge in [-0.05, 0) is 20.4 Å². The molecule has 1 fully saturated rings. The largest absolute Gasteiger partial charge is 0.383 e. The van der Waals surface area contributed by atoms with E-state index in [9.17, 15) is 8.42 Å². The number of hydrogen-bond donors (Lipinski definition) is 1. The molecule has 1 heterocycles. The van der Waals surface area contributed by atoms with Crippen LogP contribution in [0.25, 0.3) is 0 Å². The van der Waals surface area contributed by atoms with Crippen LogP contribution in [0.4, 0.5) is 0 Å². The van der Waals surface area contributed by atoms with Crippen molar-refractivity contribution in [2.24, 2.45) is 0 Å². The summed E-state index contributed by atoms with van der Waals surface area (Å²) in [4.78, 5) is 2.14. The highest BCUT2D eigenvalue weighted by Crippen LogP contribution is 2.15. The molecule has 0 amide bonds. The Morgan fingerprint density at radius 2 is 2.24 bits per heavy atom. The minimum absolute atomic E-state index is 0.194. The van der Waals surface area contributed by atoms with Gasteiger partial charge in [0.15, 0.2) is 9.84 Å². The third-order valence-electron chi connectivity index (χ3n) is 3.21. The summed E-state index contributed by atoms with van der Waals surface area (Å²) < 4.78 is 27.7. The van der Waals surface area contributed by atoms with Gasteiger partial charge < -0.3 is 15.0 Å². The number of nitrogens with zero attached hydrogens (tertiary/aromatic N) is 1. The molecule has 0 aliphatic carbocycles. The van der Waals surface area contributed by atoms with Crippen LogP contribution in [0.5, 0.6) is 0 Å². The van der Waals surface area contributed by atoms with E-state index >= 15 is 0 Å². The van der Waals surface area contributed by atoms with Crippen molar-refractivity contribution in [1.29, 1.82) is 0 Å². The highest BCUT2D eigenvalue weighted by molar-refractivity contribution is 7.91. The molecule has 0 bridgehead atoms. The minimum atomic E-state index is -2.77. The fourth-order valence-electron chi connectivity index (χ4n) is 2.10. The third kappa shape index (κ3) is 5.33. The lowest BCUT2D eigenvalue weighted by Crippen LogP contribution is -2.40. The molecule has 0 aromatic carbocycles. The second kappa shape index (κ2) is 6.68. The molecule has 0 spiro atoms. The van der Waals surface area contributed by atoms with E-state index in [0.29, 0.717) is 24.2 Å². The Labute approximate surface area is 104 Å². The first kappa shape index (κ1) is 14.9. The van der Waals surface area contributed by atoms with Gasteiger partial charge in [-0.1, -0.05) is 0 Å².